The molecule has 2 unspecified atom stereocenters. The first-order valence-corrected chi connectivity index (χ1v) is 8.36. The molecule has 0 fully saturated rings. The van der Waals surface area contributed by atoms with Gasteiger partial charge in [-0.15, -0.1) is 0 Å². The number of aromatic nitrogens is 2. The van der Waals surface area contributed by atoms with E-state index < -0.39 is 8.80 Å². The SMILES string of the molecule is CCC(NC(CC)[Si](OC)(OC)OC)n1ccnc1. The van der Waals surface area contributed by atoms with Gasteiger partial charge in [0, 0.05) is 33.7 Å². The summed E-state index contributed by atoms with van der Waals surface area (Å²) in [6.45, 7) is 4.22. The second-order valence-corrected chi connectivity index (χ2v) is 7.41. The third-order valence-electron chi connectivity index (χ3n) is 3.35. The van der Waals surface area contributed by atoms with Crippen molar-refractivity contribution in [2.75, 3.05) is 21.3 Å². The standard InChI is InChI=1S/C12H25N3O3Si/c1-6-11(15-9-8-13-10-15)14-12(7-2)19(16-3,17-4)18-5/h8-12,14H,6-7H2,1-5H3. The van der Waals surface area contributed by atoms with Crippen LogP contribution in [0.1, 0.15) is 32.9 Å². The lowest BCUT2D eigenvalue weighted by Crippen LogP contribution is -2.61. The van der Waals surface area contributed by atoms with Crippen molar-refractivity contribution in [1.29, 1.82) is 0 Å². The summed E-state index contributed by atoms with van der Waals surface area (Å²) in [7, 11) is 2.24. The highest BCUT2D eigenvalue weighted by atomic mass is 28.4. The van der Waals surface area contributed by atoms with Gasteiger partial charge in [0.05, 0.1) is 18.2 Å². The Morgan fingerprint density at radius 3 is 2.16 bits per heavy atom. The molecule has 1 N–H and O–H groups in total. The third kappa shape index (κ3) is 3.64. The van der Waals surface area contributed by atoms with Crippen LogP contribution in [0.25, 0.3) is 0 Å². The molecule has 0 aromatic carbocycles. The van der Waals surface area contributed by atoms with Gasteiger partial charge in [-0.05, 0) is 12.8 Å². The summed E-state index contributed by atoms with van der Waals surface area (Å²) in [6, 6.07) is 0. The zero-order chi connectivity index (χ0) is 14.3. The molecule has 6 nitrogen and oxygen atoms in total. The lowest BCUT2D eigenvalue weighted by atomic mass is 10.3. The van der Waals surface area contributed by atoms with Crippen LogP contribution in [0.4, 0.5) is 0 Å². The number of rotatable bonds is 9. The first-order valence-electron chi connectivity index (χ1n) is 6.56. The van der Waals surface area contributed by atoms with E-state index in [4.69, 9.17) is 13.3 Å². The first-order chi connectivity index (χ1) is 9.17. The molecule has 0 aliphatic heterocycles. The van der Waals surface area contributed by atoms with Gasteiger partial charge in [0.2, 0.25) is 0 Å². The maximum Gasteiger partial charge on any atom is 0.518 e. The number of nitrogens with one attached hydrogen (secondary N) is 1. The van der Waals surface area contributed by atoms with Crippen LogP contribution < -0.4 is 5.32 Å². The fourth-order valence-corrected chi connectivity index (χ4v) is 4.50. The predicted molar refractivity (Wildman–Crippen MR) is 75.6 cm³/mol. The second kappa shape index (κ2) is 7.76. The third-order valence-corrected chi connectivity index (χ3v) is 6.49. The molecule has 110 valence electrons. The van der Waals surface area contributed by atoms with E-state index in [1.807, 2.05) is 17.1 Å². The van der Waals surface area contributed by atoms with Crippen LogP contribution in [0.3, 0.4) is 0 Å². The van der Waals surface area contributed by atoms with E-state index in [-0.39, 0.29) is 11.8 Å². The molecule has 1 rings (SSSR count). The molecule has 0 radical (unpaired) electrons. The van der Waals surface area contributed by atoms with E-state index >= 15 is 0 Å². The maximum absolute atomic E-state index is 5.56. The monoisotopic (exact) mass is 287 g/mol. The van der Waals surface area contributed by atoms with Gasteiger partial charge in [0.15, 0.2) is 0 Å². The molecule has 1 aromatic rings. The summed E-state index contributed by atoms with van der Waals surface area (Å²) in [5.74, 6) is 0. The van der Waals surface area contributed by atoms with Crippen molar-refractivity contribution >= 4 is 8.80 Å². The molecule has 0 saturated heterocycles. The average Bonchev–Trinajstić information content (AvgIpc) is 2.98. The minimum Gasteiger partial charge on any atom is -0.376 e. The van der Waals surface area contributed by atoms with Gasteiger partial charge in [-0.25, -0.2) is 4.98 Å². The molecular weight excluding hydrogens is 262 g/mol. The van der Waals surface area contributed by atoms with Crippen molar-refractivity contribution in [2.24, 2.45) is 0 Å². The van der Waals surface area contributed by atoms with Crippen LogP contribution in [-0.2, 0) is 13.3 Å². The van der Waals surface area contributed by atoms with Crippen molar-refractivity contribution in [3.8, 4) is 0 Å². The van der Waals surface area contributed by atoms with Crippen molar-refractivity contribution in [3.63, 3.8) is 0 Å². The van der Waals surface area contributed by atoms with Crippen molar-refractivity contribution in [3.05, 3.63) is 18.7 Å². The van der Waals surface area contributed by atoms with E-state index in [9.17, 15) is 0 Å². The van der Waals surface area contributed by atoms with Gasteiger partial charge in [-0.3, -0.25) is 5.32 Å². The molecule has 2 atom stereocenters. The summed E-state index contributed by atoms with van der Waals surface area (Å²) < 4.78 is 18.7. The minimum atomic E-state index is -2.68. The number of nitrogens with zero attached hydrogens (tertiary/aromatic N) is 2. The fourth-order valence-electron chi connectivity index (χ4n) is 2.25. The van der Waals surface area contributed by atoms with E-state index in [0.717, 1.165) is 12.8 Å². The van der Waals surface area contributed by atoms with Gasteiger partial charge in [-0.2, -0.15) is 0 Å². The fraction of sp³-hybridized carbons (Fsp3) is 0.750. The lowest BCUT2D eigenvalue weighted by molar-refractivity contribution is 0.101. The molecule has 0 aliphatic carbocycles. The Morgan fingerprint density at radius 2 is 1.79 bits per heavy atom. The van der Waals surface area contributed by atoms with Crippen molar-refractivity contribution in [2.45, 2.75) is 38.5 Å². The maximum atomic E-state index is 5.56. The van der Waals surface area contributed by atoms with Crippen LogP contribution in [0.2, 0.25) is 0 Å². The number of imidazole rings is 1. The molecule has 1 heterocycles. The zero-order valence-electron chi connectivity index (χ0n) is 12.4. The van der Waals surface area contributed by atoms with E-state index in [0.29, 0.717) is 0 Å². The highest BCUT2D eigenvalue weighted by Gasteiger charge is 2.47. The second-order valence-electron chi connectivity index (χ2n) is 4.28. The Balaban J connectivity index is 2.85. The van der Waals surface area contributed by atoms with Gasteiger partial charge in [-0.1, -0.05) is 13.8 Å². The van der Waals surface area contributed by atoms with Crippen LogP contribution in [0.5, 0.6) is 0 Å². The molecular formula is C12H25N3O3Si. The van der Waals surface area contributed by atoms with Gasteiger partial charge in [0.25, 0.3) is 0 Å². The van der Waals surface area contributed by atoms with E-state index in [1.54, 1.807) is 27.5 Å². The highest BCUT2D eigenvalue weighted by molar-refractivity contribution is 6.62. The molecule has 0 bridgehead atoms. The Labute approximate surface area is 116 Å². The Bertz CT molecular complexity index is 336. The van der Waals surface area contributed by atoms with Crippen molar-refractivity contribution < 1.29 is 13.3 Å². The quantitative estimate of drug-likeness (QED) is 0.699. The van der Waals surface area contributed by atoms with Crippen LogP contribution in [0.15, 0.2) is 18.7 Å². The number of hydrogen-bond acceptors (Lipinski definition) is 5. The summed E-state index contributed by atoms with van der Waals surface area (Å²) in [6.07, 6.45) is 7.49. The van der Waals surface area contributed by atoms with E-state index in [1.165, 1.54) is 0 Å². The largest absolute Gasteiger partial charge is 0.518 e. The molecule has 0 saturated carbocycles. The number of hydrogen-bond donors (Lipinski definition) is 1. The smallest absolute Gasteiger partial charge is 0.376 e. The topological polar surface area (TPSA) is 57.5 Å². The summed E-state index contributed by atoms with van der Waals surface area (Å²) in [4.78, 5) is 4.09. The molecule has 0 aliphatic rings. The molecule has 19 heavy (non-hydrogen) atoms. The Morgan fingerprint density at radius 1 is 1.16 bits per heavy atom. The van der Waals surface area contributed by atoms with Gasteiger partial charge >= 0.3 is 8.80 Å². The molecule has 7 heteroatoms. The van der Waals surface area contributed by atoms with Gasteiger partial charge < -0.3 is 17.8 Å². The van der Waals surface area contributed by atoms with Crippen molar-refractivity contribution in [1.82, 2.24) is 14.9 Å². The van der Waals surface area contributed by atoms with Crippen LogP contribution in [0, 0.1) is 0 Å². The minimum absolute atomic E-state index is 0.0415. The molecule has 0 amide bonds. The average molecular weight is 287 g/mol. The molecule has 1 aromatic heterocycles. The lowest BCUT2D eigenvalue weighted by Gasteiger charge is -2.35. The summed E-state index contributed by atoms with van der Waals surface area (Å²) >= 11 is 0. The van der Waals surface area contributed by atoms with Crippen LogP contribution >= 0.6 is 0 Å². The normalized spacial score (nSPS) is 15.4. The zero-order valence-corrected chi connectivity index (χ0v) is 13.4. The van der Waals surface area contributed by atoms with E-state index in [2.05, 4.69) is 24.1 Å². The highest BCUT2D eigenvalue weighted by Crippen LogP contribution is 2.18. The Hall–Kier alpha value is -0.733. The van der Waals surface area contributed by atoms with Crippen LogP contribution in [-0.4, -0.2) is 45.4 Å². The Kier molecular flexibility index (Phi) is 6.67. The van der Waals surface area contributed by atoms with Gasteiger partial charge in [0.1, 0.15) is 0 Å². The summed E-state index contributed by atoms with van der Waals surface area (Å²) in [5.41, 5.74) is 0.0415. The molecule has 0 spiro atoms. The first kappa shape index (κ1) is 16.3. The summed E-state index contributed by atoms with van der Waals surface area (Å²) in [5, 5.41) is 3.56. The predicted octanol–water partition coefficient (Wildman–Crippen LogP) is 1.58.